The number of piperidine rings is 2. The number of pyridine rings is 2. The molecule has 1 amide bonds. The van der Waals surface area contributed by atoms with Crippen LogP contribution in [0.1, 0.15) is 93.5 Å². The van der Waals surface area contributed by atoms with E-state index in [9.17, 15) is 40.8 Å². The Morgan fingerprint density at radius 1 is 0.548 bits per heavy atom. The van der Waals surface area contributed by atoms with Gasteiger partial charge in [-0.25, -0.2) is 41.3 Å². The lowest BCUT2D eigenvalue weighted by molar-refractivity contribution is 0.0868. The summed E-state index contributed by atoms with van der Waals surface area (Å²) in [7, 11) is -3.73. The number of benzene rings is 6. The third kappa shape index (κ3) is 15.3. The highest BCUT2D eigenvalue weighted by Crippen LogP contribution is 2.33. The average molecular weight is 1440 g/mol. The Morgan fingerprint density at radius 2 is 1.09 bits per heavy atom. The summed E-state index contributed by atoms with van der Waals surface area (Å²) in [6.45, 7) is 3.70. The van der Waals surface area contributed by atoms with Crippen LogP contribution in [-0.4, -0.2) is 119 Å². The van der Waals surface area contributed by atoms with Crippen LogP contribution in [0.3, 0.4) is 0 Å². The number of fused-ring (bicyclic) bond motifs is 3. The summed E-state index contributed by atoms with van der Waals surface area (Å²) in [5.41, 5.74) is 11.1. The van der Waals surface area contributed by atoms with Crippen LogP contribution >= 0.6 is 11.6 Å². The summed E-state index contributed by atoms with van der Waals surface area (Å²) in [5.74, 6) is -0.0318. The fourth-order valence-corrected chi connectivity index (χ4v) is 15.0. The number of nitrogens with zero attached hydrogens (tertiary/aromatic N) is 10. The van der Waals surface area contributed by atoms with Gasteiger partial charge in [0, 0.05) is 102 Å². The number of rotatable bonds is 17. The zero-order valence-electron chi connectivity index (χ0n) is 56.2. The van der Waals surface area contributed by atoms with E-state index in [1.165, 1.54) is 61.1 Å². The highest BCUT2D eigenvalue weighted by Gasteiger charge is 2.35. The molecule has 2 saturated heterocycles. The van der Waals surface area contributed by atoms with Crippen LogP contribution in [-0.2, 0) is 53.5 Å². The van der Waals surface area contributed by atoms with Crippen molar-refractivity contribution in [2.45, 2.75) is 88.0 Å². The van der Waals surface area contributed by atoms with Crippen molar-refractivity contribution in [3.8, 4) is 17.8 Å². The second-order valence-electron chi connectivity index (χ2n) is 25.6. The maximum absolute atomic E-state index is 14.0. The summed E-state index contributed by atoms with van der Waals surface area (Å²) in [4.78, 5) is 85.9. The number of sulfonamides is 1. The minimum atomic E-state index is -3.73. The van der Waals surface area contributed by atoms with Crippen molar-refractivity contribution in [2.24, 2.45) is 0 Å². The predicted molar refractivity (Wildman–Crippen MR) is 388 cm³/mol. The number of aromatic nitrogens is 14. The zero-order valence-corrected chi connectivity index (χ0v) is 57.8. The third-order valence-electron chi connectivity index (χ3n) is 18.9. The van der Waals surface area contributed by atoms with Crippen molar-refractivity contribution >= 4 is 60.8 Å². The molecule has 8 aromatic heterocycles. The number of nitrogens with one attached hydrogen (secondary N) is 6. The van der Waals surface area contributed by atoms with Gasteiger partial charge >= 0.3 is 6.09 Å². The SMILES string of the molecule is Cc1[nH]n(-c2nc3ccccc3[nH]2)c(=O)c1Cc1ccc(Cl)cc1F.O=C(OCc1ccccc1)N1CCC(c2[nH]n(-c3nc4ccncc4[nH]3)c(=O)c2CCc2ccc(F)cc2)CC1.O=c1c(CCc2ccc(F)cc2)c(C2CCCN(S(=O)(=O)c3cccnc3)C2)[nH]n1-c1nc2ccccc2[nH]1. The number of para-hydroxylation sites is 4. The van der Waals surface area contributed by atoms with Gasteiger partial charge in [0.1, 0.15) is 29.0 Å². The van der Waals surface area contributed by atoms with Crippen molar-refractivity contribution in [1.82, 2.24) is 78.4 Å². The number of aryl methyl sites for hydroxylation is 3. The first kappa shape index (κ1) is 69.4. The largest absolute Gasteiger partial charge is 0.445 e. The molecule has 530 valence electrons. The van der Waals surface area contributed by atoms with E-state index in [0.717, 1.165) is 56.4 Å². The number of carbonyl (C=O) groups excluding carboxylic acids is 1. The maximum atomic E-state index is 14.0. The standard InChI is InChI=1S/C30H29FN6O3.C28H27FN6O3S.C18H14ClFN4O/c31-23-9-6-20(7-10-23)8-11-24-27(35-37(28(24)38)29-33-25-12-15-32-18-26(25)34-29)22-13-16-36(17-14-22)30(39)40-19-21-4-2-1-3-5-21;29-21-12-9-19(10-13-21)11-14-23-26(33-35(27(23)36)28-31-24-7-1-2-8-25(24)32-28)20-5-4-16-34(18-20)39(37,38)22-6-3-15-30-17-22;1-10-13(8-11-6-7-12(19)9-14(11)20)17(25)24(23-10)18-21-15-4-2-3-5-16(15)22-18/h1-7,9-10,12,15,18,22,35H,8,11,13-14,16-17,19H2,(H,33,34);1-3,6-10,12-13,15,17,20,33H,4-5,11,14,16,18H2,(H,31,32);2-7,9,23H,8H2,1H3,(H,21,22). The molecule has 2 aliphatic heterocycles. The summed E-state index contributed by atoms with van der Waals surface area (Å²) >= 11 is 5.78. The molecule has 2 fully saturated rings. The van der Waals surface area contributed by atoms with Crippen LogP contribution < -0.4 is 16.7 Å². The average Bonchev–Trinajstić information content (AvgIpc) is 1.52. The molecule has 0 aliphatic carbocycles. The van der Waals surface area contributed by atoms with Crippen molar-refractivity contribution in [1.29, 1.82) is 0 Å². The Labute approximate surface area is 597 Å². The fourth-order valence-electron chi connectivity index (χ4n) is 13.3. The first-order chi connectivity index (χ1) is 50.5. The number of amides is 1. The molecule has 28 heteroatoms. The van der Waals surface area contributed by atoms with Crippen LogP contribution in [0.2, 0.25) is 5.02 Å². The maximum Gasteiger partial charge on any atom is 0.410 e. The van der Waals surface area contributed by atoms with Gasteiger partial charge in [-0.05, 0) is 159 Å². The molecular formula is C76H70ClF3N16O7S. The molecule has 0 spiro atoms. The Bertz CT molecular complexity index is 5590. The Hall–Kier alpha value is -11.7. The number of halogens is 4. The first-order valence-corrected chi connectivity index (χ1v) is 35.8. The monoisotopic (exact) mass is 1440 g/mol. The number of H-pyrrole nitrogens is 6. The van der Waals surface area contributed by atoms with Gasteiger partial charge in [0.15, 0.2) is 0 Å². The minimum absolute atomic E-state index is 0.0568. The summed E-state index contributed by atoms with van der Waals surface area (Å²) in [6.07, 6.45) is 10.8. The predicted octanol–water partition coefficient (Wildman–Crippen LogP) is 12.5. The number of hydrogen-bond acceptors (Lipinski definition) is 12. The number of aromatic amines is 6. The van der Waals surface area contributed by atoms with E-state index < -0.39 is 15.8 Å². The molecule has 1 atom stereocenters. The number of ether oxygens (including phenoxy) is 1. The number of hydrogen-bond donors (Lipinski definition) is 6. The van der Waals surface area contributed by atoms with Crippen LogP contribution in [0.4, 0.5) is 18.0 Å². The Balaban J connectivity index is 0.000000135. The number of carbonyl (C=O) groups is 1. The highest BCUT2D eigenvalue weighted by molar-refractivity contribution is 7.89. The van der Waals surface area contributed by atoms with E-state index >= 15 is 0 Å². The Kier molecular flexibility index (Phi) is 20.3. The van der Waals surface area contributed by atoms with Gasteiger partial charge in [0.25, 0.3) is 16.7 Å². The molecular weight excluding hydrogens is 1370 g/mol. The topological polar surface area (TPSA) is 292 Å². The number of imidazole rings is 3. The molecule has 14 aromatic rings. The van der Waals surface area contributed by atoms with Crippen molar-refractivity contribution in [3.63, 3.8) is 0 Å². The molecule has 2 aliphatic rings. The lowest BCUT2D eigenvalue weighted by Gasteiger charge is -2.31. The lowest BCUT2D eigenvalue weighted by atomic mass is 9.90. The molecule has 1 unspecified atom stereocenters. The van der Waals surface area contributed by atoms with Gasteiger partial charge in [-0.2, -0.15) is 18.4 Å². The van der Waals surface area contributed by atoms with Crippen molar-refractivity contribution in [2.75, 3.05) is 26.2 Å². The van der Waals surface area contributed by atoms with Crippen LogP contribution in [0.15, 0.2) is 208 Å². The van der Waals surface area contributed by atoms with E-state index in [2.05, 4.69) is 55.2 Å². The van der Waals surface area contributed by atoms with Gasteiger partial charge in [0.05, 0.1) is 39.3 Å². The van der Waals surface area contributed by atoms with Crippen LogP contribution in [0.25, 0.3) is 50.9 Å². The highest BCUT2D eigenvalue weighted by atomic mass is 35.5. The summed E-state index contributed by atoms with van der Waals surface area (Å²) in [6, 6.07) is 46.6. The second-order valence-corrected chi connectivity index (χ2v) is 28.0. The van der Waals surface area contributed by atoms with E-state index in [1.54, 1.807) is 78.8 Å². The molecule has 16 rings (SSSR count). The number of likely N-dealkylation sites (tertiary alicyclic amines) is 1. The van der Waals surface area contributed by atoms with Gasteiger partial charge in [-0.15, -0.1) is 0 Å². The van der Waals surface area contributed by atoms with Crippen LogP contribution in [0, 0.1) is 24.4 Å². The Morgan fingerprint density at radius 3 is 1.65 bits per heavy atom. The second kappa shape index (κ2) is 30.5. The van der Waals surface area contributed by atoms with Gasteiger partial charge < -0.3 is 24.6 Å². The fraction of sp³-hybridized carbons (Fsp3) is 0.224. The lowest BCUT2D eigenvalue weighted by Crippen LogP contribution is -2.39. The molecule has 10 heterocycles. The minimum Gasteiger partial charge on any atom is -0.445 e. The molecule has 6 aromatic carbocycles. The van der Waals surface area contributed by atoms with E-state index in [-0.39, 0.29) is 70.7 Å². The van der Waals surface area contributed by atoms with E-state index in [1.807, 2.05) is 78.9 Å². The smallest absolute Gasteiger partial charge is 0.410 e. The summed E-state index contributed by atoms with van der Waals surface area (Å²) in [5, 5.41) is 9.93. The molecule has 0 saturated carbocycles. The van der Waals surface area contributed by atoms with E-state index in [4.69, 9.17) is 16.3 Å². The quantitative estimate of drug-likeness (QED) is 0.0496. The molecule has 104 heavy (non-hydrogen) atoms. The first-order valence-electron chi connectivity index (χ1n) is 33.9. The zero-order chi connectivity index (χ0) is 72.0. The normalized spacial score (nSPS) is 14.4. The van der Waals surface area contributed by atoms with Gasteiger partial charge in [0.2, 0.25) is 27.9 Å². The van der Waals surface area contributed by atoms with Crippen LogP contribution in [0.5, 0.6) is 0 Å². The molecule has 23 nitrogen and oxygen atoms in total. The van der Waals surface area contributed by atoms with Crippen molar-refractivity contribution < 1.29 is 31.1 Å². The van der Waals surface area contributed by atoms with Crippen molar-refractivity contribution in [3.05, 3.63) is 298 Å². The summed E-state index contributed by atoms with van der Waals surface area (Å²) < 4.78 is 78.8. The van der Waals surface area contributed by atoms with Gasteiger partial charge in [-0.1, -0.05) is 96.5 Å². The molecule has 0 radical (unpaired) electrons. The molecule has 6 N–H and O–H groups in total. The van der Waals surface area contributed by atoms with E-state index in [0.29, 0.717) is 127 Å². The van der Waals surface area contributed by atoms with Gasteiger partial charge in [-0.3, -0.25) is 39.6 Å². The molecule has 0 bridgehead atoms. The third-order valence-corrected chi connectivity index (χ3v) is 20.9.